The van der Waals surface area contributed by atoms with Crippen LogP contribution in [0.3, 0.4) is 0 Å². The Bertz CT molecular complexity index is 1580. The normalized spacial score (nSPS) is 16.3. The average molecular weight is 602 g/mol. The van der Waals surface area contributed by atoms with Gasteiger partial charge in [-0.3, -0.25) is 4.79 Å². The predicted octanol–water partition coefficient (Wildman–Crippen LogP) is 5.68. The molecule has 2 aromatic carbocycles. The van der Waals surface area contributed by atoms with Crippen molar-refractivity contribution < 1.29 is 28.6 Å². The van der Waals surface area contributed by atoms with Gasteiger partial charge in [-0.2, -0.15) is 0 Å². The molecule has 1 atom stereocenters. The van der Waals surface area contributed by atoms with E-state index in [1.165, 1.54) is 5.56 Å². The van der Waals surface area contributed by atoms with Crippen LogP contribution in [-0.2, 0) is 47.2 Å². The fraction of sp³-hybridized carbons (Fsp3) is 0.457. The standard InChI is InChI=1S/C35H43N3O6/c1-8-43-33(40)28-18-31(36(6)22(28)2)29-16-24-13-14-37(34(41)44-35(3,4)5)19-26(24)17-30(29)32(39)38-20-25-12-10-9-11-23(25)15-27(38)21-42-7/h9-12,16-18,27H,8,13-15,19-21H2,1-7H3/t27-/m0/s1. The van der Waals surface area contributed by atoms with E-state index in [0.717, 1.165) is 33.6 Å². The van der Waals surface area contributed by atoms with Gasteiger partial charge in [0.25, 0.3) is 5.91 Å². The van der Waals surface area contributed by atoms with Crippen LogP contribution in [0.4, 0.5) is 4.79 Å². The fourth-order valence-corrected chi connectivity index (χ4v) is 6.17. The van der Waals surface area contributed by atoms with Crippen LogP contribution in [-0.4, -0.2) is 70.8 Å². The molecule has 9 heteroatoms. The van der Waals surface area contributed by atoms with Gasteiger partial charge in [0, 0.05) is 56.3 Å². The zero-order chi connectivity index (χ0) is 31.8. The summed E-state index contributed by atoms with van der Waals surface area (Å²) in [7, 11) is 3.55. The summed E-state index contributed by atoms with van der Waals surface area (Å²) >= 11 is 0. The van der Waals surface area contributed by atoms with Crippen molar-refractivity contribution in [2.24, 2.45) is 7.05 Å². The first-order valence-electron chi connectivity index (χ1n) is 15.3. The highest BCUT2D eigenvalue weighted by atomic mass is 16.6. The van der Waals surface area contributed by atoms with Crippen LogP contribution >= 0.6 is 0 Å². The Morgan fingerprint density at radius 3 is 2.36 bits per heavy atom. The molecule has 0 aliphatic carbocycles. The van der Waals surface area contributed by atoms with E-state index >= 15 is 0 Å². The van der Waals surface area contributed by atoms with Gasteiger partial charge >= 0.3 is 12.1 Å². The molecule has 3 aromatic rings. The maximum Gasteiger partial charge on any atom is 0.410 e. The Morgan fingerprint density at radius 2 is 1.68 bits per heavy atom. The molecule has 9 nitrogen and oxygen atoms in total. The van der Waals surface area contributed by atoms with Crippen LogP contribution in [0, 0.1) is 6.92 Å². The van der Waals surface area contributed by atoms with Gasteiger partial charge in [-0.1, -0.05) is 24.3 Å². The van der Waals surface area contributed by atoms with Crippen LogP contribution in [0.2, 0.25) is 0 Å². The molecule has 0 fully saturated rings. The lowest BCUT2D eigenvalue weighted by molar-refractivity contribution is 0.0223. The highest BCUT2D eigenvalue weighted by Gasteiger charge is 2.34. The maximum absolute atomic E-state index is 14.7. The minimum Gasteiger partial charge on any atom is -0.462 e. The topological polar surface area (TPSA) is 90.3 Å². The molecule has 0 unspecified atom stereocenters. The second-order valence-electron chi connectivity index (χ2n) is 12.6. The van der Waals surface area contributed by atoms with Crippen LogP contribution in [0.1, 0.15) is 76.4 Å². The Hall–Kier alpha value is -4.11. The summed E-state index contributed by atoms with van der Waals surface area (Å²) < 4.78 is 18.5. The summed E-state index contributed by atoms with van der Waals surface area (Å²) in [5.74, 6) is -0.510. The number of methoxy groups -OCH3 is 1. The minimum absolute atomic E-state index is 0.120. The smallest absolute Gasteiger partial charge is 0.410 e. The molecule has 0 radical (unpaired) electrons. The number of carbonyl (C=O) groups excluding carboxylic acids is 3. The number of nitrogens with zero attached hydrogens (tertiary/aromatic N) is 3. The number of fused-ring (bicyclic) bond motifs is 2. The van der Waals surface area contributed by atoms with Gasteiger partial charge in [-0.05, 0) is 87.9 Å². The number of benzene rings is 2. The maximum atomic E-state index is 14.7. The summed E-state index contributed by atoms with van der Waals surface area (Å²) in [4.78, 5) is 44.1. The molecule has 0 N–H and O–H groups in total. The van der Waals surface area contributed by atoms with Gasteiger partial charge in [0.15, 0.2) is 0 Å². The number of ether oxygens (including phenoxy) is 3. The lowest BCUT2D eigenvalue weighted by Gasteiger charge is -2.37. The van der Waals surface area contributed by atoms with E-state index in [4.69, 9.17) is 14.2 Å². The number of hydrogen-bond donors (Lipinski definition) is 0. The largest absolute Gasteiger partial charge is 0.462 e. The van der Waals surface area contributed by atoms with Crippen molar-refractivity contribution in [3.63, 3.8) is 0 Å². The number of aromatic nitrogens is 1. The third kappa shape index (κ3) is 6.24. The zero-order valence-electron chi connectivity index (χ0n) is 26.9. The molecule has 0 saturated heterocycles. The second kappa shape index (κ2) is 12.5. The first-order chi connectivity index (χ1) is 20.9. The highest BCUT2D eigenvalue weighted by molar-refractivity contribution is 6.02. The molecular weight excluding hydrogens is 558 g/mol. The number of esters is 1. The summed E-state index contributed by atoms with van der Waals surface area (Å²) in [5, 5.41) is 0. The van der Waals surface area contributed by atoms with E-state index in [1.54, 1.807) is 18.9 Å². The van der Waals surface area contributed by atoms with Crippen molar-refractivity contribution in [3.05, 3.63) is 81.5 Å². The zero-order valence-corrected chi connectivity index (χ0v) is 26.9. The second-order valence-corrected chi connectivity index (χ2v) is 12.6. The summed E-state index contributed by atoms with van der Waals surface area (Å²) in [6.45, 7) is 11.2. The van der Waals surface area contributed by atoms with Crippen molar-refractivity contribution in [1.29, 1.82) is 0 Å². The number of carbonyl (C=O) groups is 3. The van der Waals surface area contributed by atoms with Gasteiger partial charge in [0.1, 0.15) is 5.60 Å². The Kier molecular flexibility index (Phi) is 8.88. The first kappa shape index (κ1) is 31.3. The Balaban J connectivity index is 1.61. The monoisotopic (exact) mass is 601 g/mol. The van der Waals surface area contributed by atoms with E-state index in [2.05, 4.69) is 18.2 Å². The van der Waals surface area contributed by atoms with E-state index in [-0.39, 0.29) is 24.6 Å². The summed E-state index contributed by atoms with van der Waals surface area (Å²) in [5.41, 5.74) is 6.95. The lowest BCUT2D eigenvalue weighted by Crippen LogP contribution is -2.47. The lowest BCUT2D eigenvalue weighted by atomic mass is 9.89. The van der Waals surface area contributed by atoms with Gasteiger partial charge in [-0.15, -0.1) is 0 Å². The van der Waals surface area contributed by atoms with E-state index in [0.29, 0.717) is 50.2 Å². The van der Waals surface area contributed by atoms with Crippen LogP contribution in [0.15, 0.2) is 42.5 Å². The van der Waals surface area contributed by atoms with Crippen LogP contribution in [0.25, 0.3) is 11.3 Å². The third-order valence-corrected chi connectivity index (χ3v) is 8.52. The van der Waals surface area contributed by atoms with Crippen molar-refractivity contribution >= 4 is 18.0 Å². The van der Waals surface area contributed by atoms with Gasteiger partial charge in [0.2, 0.25) is 0 Å². The predicted molar refractivity (Wildman–Crippen MR) is 168 cm³/mol. The Labute approximate surface area is 259 Å². The first-order valence-corrected chi connectivity index (χ1v) is 15.3. The molecule has 5 rings (SSSR count). The minimum atomic E-state index is -0.607. The molecule has 2 amide bonds. The molecule has 0 saturated carbocycles. The van der Waals surface area contributed by atoms with Gasteiger partial charge in [-0.25, -0.2) is 9.59 Å². The molecule has 1 aromatic heterocycles. The number of rotatable bonds is 6. The van der Waals surface area contributed by atoms with Crippen LogP contribution < -0.4 is 0 Å². The molecule has 0 spiro atoms. The van der Waals surface area contributed by atoms with E-state index in [1.807, 2.05) is 68.5 Å². The highest BCUT2D eigenvalue weighted by Crippen LogP contribution is 2.35. The molecule has 234 valence electrons. The van der Waals surface area contributed by atoms with Crippen molar-refractivity contribution in [1.82, 2.24) is 14.4 Å². The van der Waals surface area contributed by atoms with Gasteiger partial charge in [0.05, 0.1) is 24.8 Å². The summed E-state index contributed by atoms with van der Waals surface area (Å²) in [6.07, 6.45) is 0.941. The quantitative estimate of drug-likeness (QED) is 0.338. The van der Waals surface area contributed by atoms with Gasteiger partial charge < -0.3 is 28.6 Å². The van der Waals surface area contributed by atoms with Crippen molar-refractivity contribution in [2.75, 3.05) is 26.9 Å². The molecule has 2 aliphatic heterocycles. The van der Waals surface area contributed by atoms with E-state index in [9.17, 15) is 14.4 Å². The van der Waals surface area contributed by atoms with Crippen molar-refractivity contribution in [3.8, 4) is 11.3 Å². The fourth-order valence-electron chi connectivity index (χ4n) is 6.17. The van der Waals surface area contributed by atoms with Crippen LogP contribution in [0.5, 0.6) is 0 Å². The molecule has 0 bridgehead atoms. The molecule has 44 heavy (non-hydrogen) atoms. The third-order valence-electron chi connectivity index (χ3n) is 8.52. The molecule has 3 heterocycles. The SMILES string of the molecule is CCOC(=O)c1cc(-c2cc3c(cc2C(=O)N2Cc4ccccc4C[C@H]2COC)CN(C(=O)OC(C)(C)C)CC3)n(C)c1C. The summed E-state index contributed by atoms with van der Waals surface area (Å²) in [6, 6.07) is 13.9. The number of hydrogen-bond acceptors (Lipinski definition) is 6. The molecule has 2 aliphatic rings. The van der Waals surface area contributed by atoms with E-state index < -0.39 is 11.6 Å². The molecular formula is C35H43N3O6. The Morgan fingerprint density at radius 1 is 0.955 bits per heavy atom. The number of amides is 2. The average Bonchev–Trinajstić information content (AvgIpc) is 3.28. The van der Waals surface area contributed by atoms with Crippen molar-refractivity contribution in [2.45, 2.75) is 72.2 Å².